The van der Waals surface area contributed by atoms with Crippen LogP contribution in [0.15, 0.2) is 24.3 Å². The highest BCUT2D eigenvalue weighted by atomic mass is 35.5. The van der Waals surface area contributed by atoms with E-state index in [0.717, 1.165) is 53.6 Å². The molecule has 0 fully saturated rings. The van der Waals surface area contributed by atoms with Crippen LogP contribution >= 0.6 is 11.6 Å². The Balaban J connectivity index is 2.05. The molecule has 0 saturated carbocycles. The lowest BCUT2D eigenvalue weighted by atomic mass is 9.88. The molecule has 0 atom stereocenters. The van der Waals surface area contributed by atoms with E-state index in [0.29, 0.717) is 10.8 Å². The maximum Gasteiger partial charge on any atom is 0.187 e. The number of nitrogens with zero attached hydrogens (tertiary/aromatic N) is 4. The molecule has 116 valence electrons. The second kappa shape index (κ2) is 5.74. The first-order valence-electron chi connectivity index (χ1n) is 7.62. The molecule has 2 aromatic heterocycles. The van der Waals surface area contributed by atoms with Crippen molar-refractivity contribution in [3.8, 4) is 16.9 Å². The standard InChI is InChI=1S/C17H15ClN4O/c1-23-11-8-6-10(7-9-11)14-12-4-2-3-5-13(12)19-17-15(14)16(18)20-22-21-17/h6-9H,2-5H2,1H3. The first-order chi connectivity index (χ1) is 11.3. The zero-order chi connectivity index (χ0) is 15.8. The zero-order valence-corrected chi connectivity index (χ0v) is 13.5. The minimum absolute atomic E-state index is 0.349. The topological polar surface area (TPSA) is 60.8 Å². The van der Waals surface area contributed by atoms with Gasteiger partial charge in [-0.25, -0.2) is 4.98 Å². The van der Waals surface area contributed by atoms with Crippen LogP contribution < -0.4 is 4.74 Å². The Kier molecular flexibility index (Phi) is 3.58. The normalized spacial score (nSPS) is 13.8. The molecule has 1 aliphatic rings. The number of aromatic nitrogens is 4. The summed E-state index contributed by atoms with van der Waals surface area (Å²) in [7, 11) is 1.66. The maximum absolute atomic E-state index is 6.33. The van der Waals surface area contributed by atoms with Gasteiger partial charge in [-0.2, -0.15) is 0 Å². The van der Waals surface area contributed by atoms with E-state index in [1.54, 1.807) is 7.11 Å². The molecule has 2 heterocycles. The molecule has 1 aromatic carbocycles. The Morgan fingerprint density at radius 3 is 2.61 bits per heavy atom. The molecule has 0 bridgehead atoms. The summed E-state index contributed by atoms with van der Waals surface area (Å²) >= 11 is 6.33. The summed E-state index contributed by atoms with van der Waals surface area (Å²) in [6, 6.07) is 7.98. The number of benzene rings is 1. The summed E-state index contributed by atoms with van der Waals surface area (Å²) in [5.74, 6) is 0.824. The molecule has 5 nitrogen and oxygen atoms in total. The van der Waals surface area contributed by atoms with Crippen molar-refractivity contribution >= 4 is 22.6 Å². The number of hydrogen-bond acceptors (Lipinski definition) is 5. The average Bonchev–Trinajstić information content (AvgIpc) is 2.60. The van der Waals surface area contributed by atoms with Gasteiger partial charge < -0.3 is 4.74 Å². The van der Waals surface area contributed by atoms with Crippen LogP contribution in [0.1, 0.15) is 24.1 Å². The largest absolute Gasteiger partial charge is 0.497 e. The molecule has 0 aliphatic heterocycles. The Morgan fingerprint density at radius 2 is 1.83 bits per heavy atom. The zero-order valence-electron chi connectivity index (χ0n) is 12.7. The first-order valence-corrected chi connectivity index (χ1v) is 8.00. The molecular formula is C17H15ClN4O. The van der Waals surface area contributed by atoms with Gasteiger partial charge in [0.15, 0.2) is 10.8 Å². The van der Waals surface area contributed by atoms with Gasteiger partial charge >= 0.3 is 0 Å². The van der Waals surface area contributed by atoms with E-state index < -0.39 is 0 Å². The SMILES string of the molecule is COc1ccc(-c2c3c(nc4nnnc(Cl)c24)CCCC3)cc1. The Morgan fingerprint density at radius 1 is 1.04 bits per heavy atom. The lowest BCUT2D eigenvalue weighted by Crippen LogP contribution is -2.09. The van der Waals surface area contributed by atoms with Gasteiger partial charge in [0.05, 0.1) is 12.5 Å². The van der Waals surface area contributed by atoms with Crippen molar-refractivity contribution in [2.24, 2.45) is 0 Å². The van der Waals surface area contributed by atoms with Gasteiger partial charge in [-0.3, -0.25) is 0 Å². The third-order valence-corrected chi connectivity index (χ3v) is 4.58. The minimum atomic E-state index is 0.349. The molecular weight excluding hydrogens is 312 g/mol. The number of methoxy groups -OCH3 is 1. The first kappa shape index (κ1) is 14.3. The number of pyridine rings is 1. The quantitative estimate of drug-likeness (QED) is 0.719. The van der Waals surface area contributed by atoms with Crippen molar-refractivity contribution in [3.05, 3.63) is 40.7 Å². The average molecular weight is 327 g/mol. The fourth-order valence-electron chi connectivity index (χ4n) is 3.23. The van der Waals surface area contributed by atoms with Gasteiger partial charge in [0.2, 0.25) is 0 Å². The molecule has 23 heavy (non-hydrogen) atoms. The van der Waals surface area contributed by atoms with E-state index in [1.165, 1.54) is 5.56 Å². The van der Waals surface area contributed by atoms with E-state index in [1.807, 2.05) is 24.3 Å². The Bertz CT molecular complexity index is 880. The monoisotopic (exact) mass is 326 g/mol. The fraction of sp³-hybridized carbons (Fsp3) is 0.294. The molecule has 0 saturated heterocycles. The van der Waals surface area contributed by atoms with E-state index >= 15 is 0 Å². The second-order valence-corrected chi connectivity index (χ2v) is 5.98. The number of rotatable bonds is 2. The van der Waals surface area contributed by atoms with Gasteiger partial charge in [-0.05, 0) is 54.2 Å². The number of fused-ring (bicyclic) bond motifs is 2. The predicted octanol–water partition coefficient (Wildman–Crippen LogP) is 3.63. The van der Waals surface area contributed by atoms with Crippen molar-refractivity contribution in [2.75, 3.05) is 7.11 Å². The van der Waals surface area contributed by atoms with E-state index in [4.69, 9.17) is 16.3 Å². The molecule has 1 aliphatic carbocycles. The van der Waals surface area contributed by atoms with E-state index in [9.17, 15) is 0 Å². The smallest absolute Gasteiger partial charge is 0.187 e. The highest BCUT2D eigenvalue weighted by Gasteiger charge is 2.22. The van der Waals surface area contributed by atoms with Crippen LogP contribution in [0.5, 0.6) is 5.75 Å². The fourth-order valence-corrected chi connectivity index (χ4v) is 3.44. The maximum atomic E-state index is 6.33. The van der Waals surface area contributed by atoms with Crippen molar-refractivity contribution in [3.63, 3.8) is 0 Å². The van der Waals surface area contributed by atoms with Crippen molar-refractivity contribution in [1.29, 1.82) is 0 Å². The summed E-state index contributed by atoms with van der Waals surface area (Å²) in [6.45, 7) is 0. The number of hydrogen-bond donors (Lipinski definition) is 0. The predicted molar refractivity (Wildman–Crippen MR) is 88.8 cm³/mol. The van der Waals surface area contributed by atoms with Gasteiger partial charge in [-0.1, -0.05) is 23.7 Å². The highest BCUT2D eigenvalue weighted by Crippen LogP contribution is 2.38. The number of ether oxygens (including phenoxy) is 1. The van der Waals surface area contributed by atoms with Crippen LogP contribution in [0.4, 0.5) is 0 Å². The second-order valence-electron chi connectivity index (χ2n) is 5.63. The Labute approximate surface area is 138 Å². The molecule has 4 rings (SSSR count). The Hall–Kier alpha value is -2.27. The van der Waals surface area contributed by atoms with Crippen LogP contribution in [0.25, 0.3) is 22.2 Å². The summed E-state index contributed by atoms with van der Waals surface area (Å²) in [6.07, 6.45) is 4.28. The number of aryl methyl sites for hydroxylation is 1. The van der Waals surface area contributed by atoms with Gasteiger partial charge in [0, 0.05) is 11.3 Å². The molecule has 0 amide bonds. The summed E-state index contributed by atoms with van der Waals surface area (Å²) in [4.78, 5) is 4.67. The van der Waals surface area contributed by atoms with Crippen molar-refractivity contribution in [1.82, 2.24) is 20.4 Å². The lowest BCUT2D eigenvalue weighted by Gasteiger charge is -2.20. The molecule has 0 N–H and O–H groups in total. The molecule has 3 aromatic rings. The van der Waals surface area contributed by atoms with Crippen LogP contribution in [0, 0.1) is 0 Å². The highest BCUT2D eigenvalue weighted by molar-refractivity contribution is 6.35. The third-order valence-electron chi connectivity index (χ3n) is 4.31. The van der Waals surface area contributed by atoms with Gasteiger partial charge in [-0.15, -0.1) is 10.2 Å². The molecule has 0 unspecified atom stereocenters. The number of halogens is 1. The summed E-state index contributed by atoms with van der Waals surface area (Å²) in [5.41, 5.74) is 5.08. The van der Waals surface area contributed by atoms with Crippen LogP contribution in [0.3, 0.4) is 0 Å². The minimum Gasteiger partial charge on any atom is -0.497 e. The molecule has 0 spiro atoms. The van der Waals surface area contributed by atoms with Crippen LogP contribution in [-0.2, 0) is 12.8 Å². The van der Waals surface area contributed by atoms with Crippen molar-refractivity contribution in [2.45, 2.75) is 25.7 Å². The molecule has 0 radical (unpaired) electrons. The summed E-state index contributed by atoms with van der Waals surface area (Å²) in [5, 5.41) is 12.8. The lowest BCUT2D eigenvalue weighted by molar-refractivity contribution is 0.415. The van der Waals surface area contributed by atoms with E-state index in [2.05, 4.69) is 20.4 Å². The van der Waals surface area contributed by atoms with Gasteiger partial charge in [0.1, 0.15) is 5.75 Å². The van der Waals surface area contributed by atoms with Gasteiger partial charge in [0.25, 0.3) is 0 Å². The third kappa shape index (κ3) is 2.41. The molecule has 6 heteroatoms. The van der Waals surface area contributed by atoms with Crippen molar-refractivity contribution < 1.29 is 4.74 Å². The van der Waals surface area contributed by atoms with E-state index in [-0.39, 0.29) is 0 Å². The summed E-state index contributed by atoms with van der Waals surface area (Å²) < 4.78 is 5.26. The van der Waals surface area contributed by atoms with Crippen LogP contribution in [0.2, 0.25) is 5.15 Å². The van der Waals surface area contributed by atoms with Crippen LogP contribution in [-0.4, -0.2) is 27.5 Å².